The van der Waals surface area contributed by atoms with Crippen LogP contribution in [0, 0.1) is 5.41 Å². The van der Waals surface area contributed by atoms with E-state index in [1.165, 1.54) is 12.3 Å². The van der Waals surface area contributed by atoms with E-state index in [2.05, 4.69) is 9.97 Å². The van der Waals surface area contributed by atoms with E-state index in [1.807, 2.05) is 17.0 Å². The zero-order chi connectivity index (χ0) is 19.6. The van der Waals surface area contributed by atoms with Crippen molar-refractivity contribution in [1.29, 1.82) is 0 Å². The second-order valence-electron chi connectivity index (χ2n) is 7.81. The Kier molecular flexibility index (Phi) is 4.98. The number of nitrogens with zero attached hydrogens (tertiary/aromatic N) is 4. The zero-order valence-electron chi connectivity index (χ0n) is 15.8. The second kappa shape index (κ2) is 7.58. The molecule has 0 bridgehead atoms. The molecule has 2 saturated heterocycles. The first-order chi connectivity index (χ1) is 13.6. The highest BCUT2D eigenvalue weighted by molar-refractivity contribution is 5.94. The number of aromatic nitrogens is 2. The van der Waals surface area contributed by atoms with Crippen molar-refractivity contribution in [1.82, 2.24) is 19.8 Å². The standard InChI is InChI=1S/C21H24N4O3/c26-17-5-2-10-23-19(17)20(28)24-11-3-7-21(14-24)8-6-18(27)25(15-21)13-16-4-1-9-22-12-16/h1-2,4-5,9-10,12,26H,3,6-8,11,13-15H2/t21-/m1/s1. The summed E-state index contributed by atoms with van der Waals surface area (Å²) >= 11 is 0. The van der Waals surface area contributed by atoms with E-state index in [4.69, 9.17) is 0 Å². The minimum atomic E-state index is -0.243. The maximum absolute atomic E-state index is 12.9. The fraction of sp³-hybridized carbons (Fsp3) is 0.429. The molecule has 0 aromatic carbocycles. The molecule has 1 atom stereocenters. The molecule has 0 saturated carbocycles. The predicted molar refractivity (Wildman–Crippen MR) is 102 cm³/mol. The zero-order valence-corrected chi connectivity index (χ0v) is 15.8. The molecule has 1 N–H and O–H groups in total. The van der Waals surface area contributed by atoms with E-state index in [-0.39, 0.29) is 28.7 Å². The molecule has 2 aliphatic heterocycles. The van der Waals surface area contributed by atoms with Crippen LogP contribution in [-0.2, 0) is 11.3 Å². The fourth-order valence-corrected chi connectivity index (χ4v) is 4.38. The molecule has 28 heavy (non-hydrogen) atoms. The third-order valence-corrected chi connectivity index (χ3v) is 5.78. The number of carbonyl (C=O) groups is 2. The van der Waals surface area contributed by atoms with Crippen molar-refractivity contribution < 1.29 is 14.7 Å². The summed E-state index contributed by atoms with van der Waals surface area (Å²) in [6, 6.07) is 6.93. The number of likely N-dealkylation sites (tertiary alicyclic amines) is 2. The van der Waals surface area contributed by atoms with Gasteiger partial charge in [-0.1, -0.05) is 6.07 Å². The van der Waals surface area contributed by atoms with Gasteiger partial charge >= 0.3 is 0 Å². The Hall–Kier alpha value is -2.96. The second-order valence-corrected chi connectivity index (χ2v) is 7.81. The van der Waals surface area contributed by atoms with Crippen LogP contribution in [0.1, 0.15) is 41.7 Å². The first kappa shape index (κ1) is 18.4. The van der Waals surface area contributed by atoms with Gasteiger partial charge in [0.1, 0.15) is 5.75 Å². The van der Waals surface area contributed by atoms with Crippen molar-refractivity contribution in [2.45, 2.75) is 32.2 Å². The van der Waals surface area contributed by atoms with Crippen LogP contribution in [0.2, 0.25) is 0 Å². The van der Waals surface area contributed by atoms with Gasteiger partial charge in [-0.3, -0.25) is 14.6 Å². The van der Waals surface area contributed by atoms with Gasteiger partial charge in [-0.05, 0) is 43.0 Å². The van der Waals surface area contributed by atoms with Gasteiger partial charge in [-0.2, -0.15) is 0 Å². The van der Waals surface area contributed by atoms with E-state index < -0.39 is 0 Å². The van der Waals surface area contributed by atoms with Crippen molar-refractivity contribution in [3.05, 3.63) is 54.1 Å². The van der Waals surface area contributed by atoms with Crippen LogP contribution in [0.3, 0.4) is 0 Å². The summed E-state index contributed by atoms with van der Waals surface area (Å²) in [7, 11) is 0. The number of aromatic hydroxyl groups is 1. The van der Waals surface area contributed by atoms with Crippen LogP contribution in [0.4, 0.5) is 0 Å². The molecule has 1 spiro atoms. The monoisotopic (exact) mass is 380 g/mol. The third-order valence-electron chi connectivity index (χ3n) is 5.78. The highest BCUT2D eigenvalue weighted by Gasteiger charge is 2.43. The van der Waals surface area contributed by atoms with Crippen molar-refractivity contribution in [2.75, 3.05) is 19.6 Å². The quantitative estimate of drug-likeness (QED) is 0.882. The highest BCUT2D eigenvalue weighted by atomic mass is 16.3. The Bertz CT molecular complexity index is 873. The van der Waals surface area contributed by atoms with Crippen LogP contribution >= 0.6 is 0 Å². The summed E-state index contributed by atoms with van der Waals surface area (Å²) < 4.78 is 0. The van der Waals surface area contributed by atoms with Crippen molar-refractivity contribution in [2.24, 2.45) is 5.41 Å². The van der Waals surface area contributed by atoms with E-state index in [0.29, 0.717) is 32.6 Å². The number of hydrogen-bond donors (Lipinski definition) is 1. The van der Waals surface area contributed by atoms with E-state index in [0.717, 1.165) is 24.8 Å². The van der Waals surface area contributed by atoms with Crippen LogP contribution < -0.4 is 0 Å². The molecule has 2 aromatic heterocycles. The summed E-state index contributed by atoms with van der Waals surface area (Å²) in [5.41, 5.74) is 1.00. The number of carbonyl (C=O) groups excluding carboxylic acids is 2. The summed E-state index contributed by atoms with van der Waals surface area (Å²) in [5.74, 6) is -0.183. The molecule has 2 amide bonds. The van der Waals surface area contributed by atoms with E-state index in [9.17, 15) is 14.7 Å². The lowest BCUT2D eigenvalue weighted by molar-refractivity contribution is -0.139. The lowest BCUT2D eigenvalue weighted by Gasteiger charge is -2.48. The Morgan fingerprint density at radius 1 is 1.18 bits per heavy atom. The molecule has 2 aromatic rings. The van der Waals surface area contributed by atoms with E-state index >= 15 is 0 Å². The molecule has 0 aliphatic carbocycles. The van der Waals surface area contributed by atoms with Gasteiger partial charge in [-0.25, -0.2) is 4.98 Å². The smallest absolute Gasteiger partial charge is 0.276 e. The molecule has 7 heteroatoms. The Morgan fingerprint density at radius 2 is 2.04 bits per heavy atom. The number of pyridine rings is 2. The van der Waals surface area contributed by atoms with Crippen molar-refractivity contribution in [3.8, 4) is 5.75 Å². The van der Waals surface area contributed by atoms with Gasteiger partial charge in [-0.15, -0.1) is 0 Å². The van der Waals surface area contributed by atoms with Crippen molar-refractivity contribution in [3.63, 3.8) is 0 Å². The molecule has 4 heterocycles. The Labute approximate surface area is 164 Å². The summed E-state index contributed by atoms with van der Waals surface area (Å²) in [6.45, 7) is 2.41. The van der Waals surface area contributed by atoms with Gasteiger partial charge in [0.2, 0.25) is 5.91 Å². The first-order valence-electron chi connectivity index (χ1n) is 9.66. The van der Waals surface area contributed by atoms with Gasteiger partial charge in [0, 0.05) is 56.6 Å². The van der Waals surface area contributed by atoms with Gasteiger partial charge in [0.05, 0.1) is 0 Å². The molecule has 0 radical (unpaired) electrons. The largest absolute Gasteiger partial charge is 0.505 e. The molecule has 0 unspecified atom stereocenters. The molecule has 7 nitrogen and oxygen atoms in total. The number of piperidine rings is 2. The normalized spacial score (nSPS) is 22.5. The van der Waals surface area contributed by atoms with Crippen LogP contribution in [0.25, 0.3) is 0 Å². The summed E-state index contributed by atoms with van der Waals surface area (Å²) in [4.78, 5) is 37.3. The number of hydrogen-bond acceptors (Lipinski definition) is 5. The molecule has 2 fully saturated rings. The number of amides is 2. The molecule has 146 valence electrons. The highest BCUT2D eigenvalue weighted by Crippen LogP contribution is 2.39. The molecule has 2 aliphatic rings. The molecular weight excluding hydrogens is 356 g/mol. The van der Waals surface area contributed by atoms with Gasteiger partial charge in [0.15, 0.2) is 5.69 Å². The minimum absolute atomic E-state index is 0.0934. The number of rotatable bonds is 3. The third kappa shape index (κ3) is 3.69. The van der Waals surface area contributed by atoms with Crippen molar-refractivity contribution >= 4 is 11.8 Å². The lowest BCUT2D eigenvalue weighted by Crippen LogP contribution is -2.54. The van der Waals surface area contributed by atoms with Crippen LogP contribution in [0.5, 0.6) is 5.75 Å². The van der Waals surface area contributed by atoms with Crippen LogP contribution in [-0.4, -0.2) is 56.3 Å². The summed E-state index contributed by atoms with van der Waals surface area (Å²) in [5, 5.41) is 9.99. The van der Waals surface area contributed by atoms with Crippen LogP contribution in [0.15, 0.2) is 42.9 Å². The maximum atomic E-state index is 12.9. The van der Waals surface area contributed by atoms with Gasteiger partial charge < -0.3 is 14.9 Å². The van der Waals surface area contributed by atoms with E-state index in [1.54, 1.807) is 23.4 Å². The predicted octanol–water partition coefficient (Wildman–Crippen LogP) is 2.23. The van der Waals surface area contributed by atoms with Gasteiger partial charge in [0.25, 0.3) is 5.91 Å². The average Bonchev–Trinajstić information content (AvgIpc) is 2.72. The summed E-state index contributed by atoms with van der Waals surface area (Å²) in [6.07, 6.45) is 8.18. The lowest BCUT2D eigenvalue weighted by atomic mass is 9.73. The SMILES string of the molecule is O=C1CC[C@@]2(CCCN(C(=O)c3ncccc3O)C2)CN1Cc1cccnc1. The minimum Gasteiger partial charge on any atom is -0.505 e. The molecule has 4 rings (SSSR count). The fourth-order valence-electron chi connectivity index (χ4n) is 4.38. The maximum Gasteiger partial charge on any atom is 0.276 e. The average molecular weight is 380 g/mol. The topological polar surface area (TPSA) is 86.6 Å². The Balaban J connectivity index is 1.50. The Morgan fingerprint density at radius 3 is 2.82 bits per heavy atom. The molecular formula is C21H24N4O3. The first-order valence-corrected chi connectivity index (χ1v) is 9.66.